The van der Waals surface area contributed by atoms with E-state index in [0.29, 0.717) is 15.2 Å². The van der Waals surface area contributed by atoms with Gasteiger partial charge in [0.15, 0.2) is 0 Å². The van der Waals surface area contributed by atoms with Crippen molar-refractivity contribution in [3.05, 3.63) is 57.3 Å². The van der Waals surface area contributed by atoms with Crippen LogP contribution in [0.3, 0.4) is 0 Å². The smallest absolute Gasteiger partial charge is 0.338 e. The van der Waals surface area contributed by atoms with E-state index < -0.39 is 11.9 Å². The van der Waals surface area contributed by atoms with Crippen LogP contribution in [0.4, 0.5) is 5.69 Å². The van der Waals surface area contributed by atoms with E-state index in [9.17, 15) is 9.59 Å². The lowest BCUT2D eigenvalue weighted by Gasteiger charge is -2.07. The number of hydrogen-bond donors (Lipinski definition) is 2. The van der Waals surface area contributed by atoms with Crippen LogP contribution in [0.2, 0.25) is 5.02 Å². The first-order valence-corrected chi connectivity index (χ1v) is 6.61. The normalized spacial score (nSPS) is 10.1. The van der Waals surface area contributed by atoms with Gasteiger partial charge in [-0.2, -0.15) is 0 Å². The second-order valence-corrected chi connectivity index (χ2v) is 5.05. The molecule has 1 aromatic carbocycles. The first kappa shape index (κ1) is 14.5. The highest BCUT2D eigenvalue weighted by atomic mass is 79.9. The molecule has 0 atom stereocenters. The molecule has 0 radical (unpaired) electrons. The largest absolute Gasteiger partial charge is 0.478 e. The number of amides is 1. The number of anilines is 1. The van der Waals surface area contributed by atoms with Crippen molar-refractivity contribution in [1.82, 2.24) is 4.98 Å². The number of carbonyl (C=O) groups is 2. The van der Waals surface area contributed by atoms with Gasteiger partial charge in [0, 0.05) is 16.4 Å². The number of aromatic carboxylic acids is 1. The molecule has 0 saturated carbocycles. The van der Waals surface area contributed by atoms with Gasteiger partial charge in [-0.3, -0.25) is 9.78 Å². The van der Waals surface area contributed by atoms with E-state index in [1.165, 1.54) is 18.3 Å². The highest BCUT2D eigenvalue weighted by Crippen LogP contribution is 2.25. The average Bonchev–Trinajstić information content (AvgIpc) is 2.43. The van der Waals surface area contributed by atoms with Crippen molar-refractivity contribution in [2.24, 2.45) is 0 Å². The minimum atomic E-state index is -1.21. The Morgan fingerprint density at radius 2 is 2.05 bits per heavy atom. The maximum absolute atomic E-state index is 12.1. The number of aromatic nitrogens is 1. The molecule has 2 N–H and O–H groups in total. The minimum Gasteiger partial charge on any atom is -0.478 e. The number of nitrogens with one attached hydrogen (secondary N) is 1. The third-order valence-electron chi connectivity index (χ3n) is 2.43. The first-order chi connectivity index (χ1) is 9.49. The number of pyridine rings is 1. The van der Waals surface area contributed by atoms with Gasteiger partial charge in [-0.05, 0) is 46.3 Å². The fourth-order valence-corrected chi connectivity index (χ4v) is 2.02. The Bertz CT molecular complexity index is 691. The molecule has 102 valence electrons. The summed E-state index contributed by atoms with van der Waals surface area (Å²) in [5.41, 5.74) is 0.178. The van der Waals surface area contributed by atoms with Crippen molar-refractivity contribution in [3.8, 4) is 0 Å². The molecule has 2 rings (SSSR count). The minimum absolute atomic E-state index is 0.147. The maximum atomic E-state index is 12.1. The van der Waals surface area contributed by atoms with E-state index >= 15 is 0 Å². The second kappa shape index (κ2) is 6.02. The molecule has 0 aliphatic heterocycles. The number of hydrogen-bond acceptors (Lipinski definition) is 3. The monoisotopic (exact) mass is 354 g/mol. The standard InChI is InChI=1S/C13H8BrClN2O3/c14-9-6-7(3-4-10(9)15)17-12(18)11-8(13(19)20)2-1-5-16-11/h1-6H,(H,17,18)(H,19,20). The molecule has 7 heteroatoms. The summed E-state index contributed by atoms with van der Waals surface area (Å²) < 4.78 is 0.622. The van der Waals surface area contributed by atoms with Gasteiger partial charge in [0.25, 0.3) is 5.91 Å². The lowest BCUT2D eigenvalue weighted by atomic mass is 10.2. The average molecular weight is 356 g/mol. The second-order valence-electron chi connectivity index (χ2n) is 3.79. The molecule has 0 aliphatic rings. The van der Waals surface area contributed by atoms with Crippen LogP contribution in [0.25, 0.3) is 0 Å². The Labute approximate surface area is 127 Å². The number of carbonyl (C=O) groups excluding carboxylic acids is 1. The zero-order valence-corrected chi connectivity index (χ0v) is 12.3. The van der Waals surface area contributed by atoms with Gasteiger partial charge in [-0.15, -0.1) is 0 Å². The molecule has 1 amide bonds. The van der Waals surface area contributed by atoms with Gasteiger partial charge in [0.05, 0.1) is 10.6 Å². The SMILES string of the molecule is O=C(O)c1cccnc1C(=O)Nc1ccc(Cl)c(Br)c1. The van der Waals surface area contributed by atoms with Gasteiger partial charge in [-0.1, -0.05) is 11.6 Å². The summed E-state index contributed by atoms with van der Waals surface area (Å²) in [6.45, 7) is 0. The maximum Gasteiger partial charge on any atom is 0.338 e. The topological polar surface area (TPSA) is 79.3 Å². The highest BCUT2D eigenvalue weighted by Gasteiger charge is 2.17. The number of carboxylic acid groups (broad SMARTS) is 1. The van der Waals surface area contributed by atoms with Crippen LogP contribution in [0, 0.1) is 0 Å². The van der Waals surface area contributed by atoms with Crippen LogP contribution in [0.15, 0.2) is 41.0 Å². The summed E-state index contributed by atoms with van der Waals surface area (Å²) in [5, 5.41) is 12.1. The molecule has 2 aromatic rings. The Morgan fingerprint density at radius 1 is 1.30 bits per heavy atom. The molecule has 0 aliphatic carbocycles. The Kier molecular flexibility index (Phi) is 4.36. The van der Waals surface area contributed by atoms with Gasteiger partial charge >= 0.3 is 5.97 Å². The van der Waals surface area contributed by atoms with E-state index in [0.717, 1.165) is 0 Å². The van der Waals surface area contributed by atoms with E-state index in [4.69, 9.17) is 16.7 Å². The molecule has 0 unspecified atom stereocenters. The molecule has 20 heavy (non-hydrogen) atoms. The lowest BCUT2D eigenvalue weighted by molar-refractivity contribution is 0.0691. The Balaban J connectivity index is 2.28. The lowest BCUT2D eigenvalue weighted by Crippen LogP contribution is -2.18. The van der Waals surface area contributed by atoms with Crippen LogP contribution < -0.4 is 5.32 Å². The molecule has 0 fully saturated rings. The van der Waals surface area contributed by atoms with Gasteiger partial charge in [0.2, 0.25) is 0 Å². The molecular formula is C13H8BrClN2O3. The van der Waals surface area contributed by atoms with Crippen LogP contribution >= 0.6 is 27.5 Å². The van der Waals surface area contributed by atoms with E-state index in [-0.39, 0.29) is 11.3 Å². The first-order valence-electron chi connectivity index (χ1n) is 5.44. The zero-order valence-electron chi connectivity index (χ0n) is 9.93. The summed E-state index contributed by atoms with van der Waals surface area (Å²) in [4.78, 5) is 26.9. The van der Waals surface area contributed by atoms with Crippen molar-refractivity contribution in [1.29, 1.82) is 0 Å². The number of benzene rings is 1. The summed E-state index contributed by atoms with van der Waals surface area (Å²) >= 11 is 9.09. The fourth-order valence-electron chi connectivity index (χ4n) is 1.52. The molecule has 1 heterocycles. The van der Waals surface area contributed by atoms with E-state index in [1.807, 2.05) is 0 Å². The van der Waals surface area contributed by atoms with Gasteiger partial charge in [0.1, 0.15) is 5.69 Å². The predicted octanol–water partition coefficient (Wildman–Crippen LogP) is 3.45. The summed E-state index contributed by atoms with van der Waals surface area (Å²) in [7, 11) is 0. The van der Waals surface area contributed by atoms with Crippen molar-refractivity contribution in [3.63, 3.8) is 0 Å². The zero-order chi connectivity index (χ0) is 14.7. The van der Waals surface area contributed by atoms with Crippen LogP contribution in [-0.4, -0.2) is 22.0 Å². The molecule has 1 aromatic heterocycles. The number of halogens is 2. The van der Waals surface area contributed by atoms with Crippen molar-refractivity contribution < 1.29 is 14.7 Å². The van der Waals surface area contributed by atoms with Crippen LogP contribution in [0.1, 0.15) is 20.8 Å². The number of rotatable bonds is 3. The summed E-state index contributed by atoms with van der Waals surface area (Å²) in [6, 6.07) is 7.61. The Morgan fingerprint density at radius 3 is 2.70 bits per heavy atom. The van der Waals surface area contributed by atoms with Gasteiger partial charge in [-0.25, -0.2) is 4.79 Å². The quantitative estimate of drug-likeness (QED) is 0.884. The van der Waals surface area contributed by atoms with Crippen molar-refractivity contribution in [2.75, 3.05) is 5.32 Å². The van der Waals surface area contributed by atoms with Gasteiger partial charge < -0.3 is 10.4 Å². The highest BCUT2D eigenvalue weighted by molar-refractivity contribution is 9.10. The Hall–Kier alpha value is -1.92. The third-order valence-corrected chi connectivity index (χ3v) is 3.64. The predicted molar refractivity (Wildman–Crippen MR) is 78.3 cm³/mol. The summed E-state index contributed by atoms with van der Waals surface area (Å²) in [5.74, 6) is -1.81. The van der Waals surface area contributed by atoms with Crippen LogP contribution in [0.5, 0.6) is 0 Å². The molecule has 0 saturated heterocycles. The molecule has 0 bridgehead atoms. The van der Waals surface area contributed by atoms with Crippen LogP contribution in [-0.2, 0) is 0 Å². The molecule has 5 nitrogen and oxygen atoms in total. The number of nitrogens with zero attached hydrogens (tertiary/aromatic N) is 1. The molecular weight excluding hydrogens is 348 g/mol. The molecule has 0 spiro atoms. The van der Waals surface area contributed by atoms with E-state index in [2.05, 4.69) is 26.2 Å². The van der Waals surface area contributed by atoms with E-state index in [1.54, 1.807) is 18.2 Å². The number of carboxylic acids is 1. The fraction of sp³-hybridized carbons (Fsp3) is 0. The third kappa shape index (κ3) is 3.15. The summed E-state index contributed by atoms with van der Waals surface area (Å²) in [6.07, 6.45) is 1.36. The van der Waals surface area contributed by atoms with Crippen molar-refractivity contribution in [2.45, 2.75) is 0 Å². The van der Waals surface area contributed by atoms with Crippen molar-refractivity contribution >= 4 is 45.1 Å².